The minimum Gasteiger partial charge on any atom is -0.382 e. The van der Waals surface area contributed by atoms with Crippen LogP contribution in [-0.4, -0.2) is 67.7 Å². The minimum absolute atomic E-state index is 0.105. The predicted octanol–water partition coefficient (Wildman–Crippen LogP) is 5.29. The van der Waals surface area contributed by atoms with Gasteiger partial charge in [0, 0.05) is 44.1 Å². The molecule has 1 aliphatic carbocycles. The molecule has 1 amide bonds. The Hall–Kier alpha value is -2.55. The maximum Gasteiger partial charge on any atom is 0.258 e. The van der Waals surface area contributed by atoms with E-state index in [4.69, 9.17) is 20.2 Å². The summed E-state index contributed by atoms with van der Waals surface area (Å²) >= 11 is 0. The topological polar surface area (TPSA) is 89.2 Å². The molecule has 2 fully saturated rings. The number of nitrogens with zero attached hydrogens (tertiary/aromatic N) is 2. The maximum atomic E-state index is 16.0. The fourth-order valence-corrected chi connectivity index (χ4v) is 5.80. The number of nitrogens with two attached hydrogens (primary N) is 1. The number of rotatable bonds is 14. The van der Waals surface area contributed by atoms with Crippen molar-refractivity contribution in [3.8, 4) is 0 Å². The smallest absolute Gasteiger partial charge is 0.258 e. The van der Waals surface area contributed by atoms with E-state index in [1.165, 1.54) is 6.42 Å². The summed E-state index contributed by atoms with van der Waals surface area (Å²) in [4.78, 5) is 20.0. The number of nitrogens with one attached hydrogen (secondary N) is 1. The first-order valence-electron chi connectivity index (χ1n) is 14.8. The average molecular weight is 557 g/mol. The number of aliphatic imine (C=N–C) groups is 1. The van der Waals surface area contributed by atoms with Crippen LogP contribution in [0.2, 0.25) is 0 Å². The fraction of sp³-hybridized carbons (Fsp3) is 0.625. The Bertz CT molecular complexity index is 1010. The zero-order chi connectivity index (χ0) is 29.0. The largest absolute Gasteiger partial charge is 0.382 e. The van der Waals surface area contributed by atoms with Gasteiger partial charge >= 0.3 is 0 Å². The number of piperidine rings is 1. The van der Waals surface area contributed by atoms with Crippen LogP contribution in [0.15, 0.2) is 53.8 Å². The van der Waals surface area contributed by atoms with Crippen molar-refractivity contribution < 1.29 is 18.7 Å². The summed E-state index contributed by atoms with van der Waals surface area (Å²) < 4.78 is 26.6. The van der Waals surface area contributed by atoms with Crippen LogP contribution in [0.5, 0.6) is 0 Å². The molecule has 3 rings (SSSR count). The van der Waals surface area contributed by atoms with E-state index in [1.807, 2.05) is 55.2 Å². The SMILES string of the molecule is C=C(N=C(/C=C\C)c1ccc(COCCOC)cc1)N1CCC(F)(C(=O)NC(C)(CCN)C2CCCCC2)CC1. The lowest BCUT2D eigenvalue weighted by Crippen LogP contribution is -2.60. The number of likely N-dealkylation sites (tertiary alicyclic amines) is 1. The number of benzene rings is 1. The summed E-state index contributed by atoms with van der Waals surface area (Å²) in [5.41, 5.74) is 6.34. The lowest BCUT2D eigenvalue weighted by molar-refractivity contribution is -0.138. The van der Waals surface area contributed by atoms with Gasteiger partial charge in [-0.05, 0) is 57.2 Å². The number of methoxy groups -OCH3 is 1. The van der Waals surface area contributed by atoms with Gasteiger partial charge in [0.15, 0.2) is 5.67 Å². The molecular formula is C32H49FN4O3. The zero-order valence-corrected chi connectivity index (χ0v) is 24.7. The molecule has 1 aromatic rings. The van der Waals surface area contributed by atoms with Gasteiger partial charge in [-0.3, -0.25) is 4.79 Å². The van der Waals surface area contributed by atoms with Crippen molar-refractivity contribution in [1.29, 1.82) is 0 Å². The number of hydrogen-bond acceptors (Lipinski definition) is 6. The minimum atomic E-state index is -1.90. The molecule has 0 radical (unpaired) electrons. The Morgan fingerprint density at radius 3 is 2.50 bits per heavy atom. The Balaban J connectivity index is 1.61. The lowest BCUT2D eigenvalue weighted by Gasteiger charge is -2.43. The van der Waals surface area contributed by atoms with E-state index in [0.717, 1.165) is 42.5 Å². The van der Waals surface area contributed by atoms with Gasteiger partial charge in [0.2, 0.25) is 0 Å². The van der Waals surface area contributed by atoms with Crippen LogP contribution in [0.3, 0.4) is 0 Å². The number of carbonyl (C=O) groups is 1. The summed E-state index contributed by atoms with van der Waals surface area (Å²) in [6.07, 6.45) is 10.4. The van der Waals surface area contributed by atoms with Crippen molar-refractivity contribution in [3.63, 3.8) is 0 Å². The summed E-state index contributed by atoms with van der Waals surface area (Å²) in [6, 6.07) is 8.07. The third kappa shape index (κ3) is 8.72. The first-order chi connectivity index (χ1) is 19.2. The molecule has 0 aromatic heterocycles. The molecule has 2 aliphatic rings. The van der Waals surface area contributed by atoms with Crippen LogP contribution in [0.25, 0.3) is 0 Å². The van der Waals surface area contributed by atoms with Crippen LogP contribution in [-0.2, 0) is 20.9 Å². The summed E-state index contributed by atoms with van der Waals surface area (Å²) in [5, 5.41) is 3.13. The van der Waals surface area contributed by atoms with Crippen molar-refractivity contribution in [1.82, 2.24) is 10.2 Å². The highest BCUT2D eigenvalue weighted by molar-refractivity contribution is 6.09. The number of halogens is 1. The van der Waals surface area contributed by atoms with Gasteiger partial charge in [0.1, 0.15) is 5.82 Å². The Kier molecular flexibility index (Phi) is 12.3. The molecule has 3 N–H and O–H groups in total. The van der Waals surface area contributed by atoms with Crippen LogP contribution in [0.4, 0.5) is 4.39 Å². The molecule has 1 aliphatic heterocycles. The van der Waals surface area contributed by atoms with Gasteiger partial charge in [-0.15, -0.1) is 0 Å². The van der Waals surface area contributed by atoms with Gasteiger partial charge in [0.05, 0.1) is 25.5 Å². The van der Waals surface area contributed by atoms with Crippen molar-refractivity contribution in [2.45, 2.75) is 83.0 Å². The number of allylic oxidation sites excluding steroid dienone is 2. The molecule has 0 bridgehead atoms. The second-order valence-electron chi connectivity index (χ2n) is 11.4. The molecule has 1 aromatic carbocycles. The number of carbonyl (C=O) groups excluding carboxylic acids is 1. The number of hydrogen-bond donors (Lipinski definition) is 2. The van der Waals surface area contributed by atoms with Crippen molar-refractivity contribution in [2.75, 3.05) is 40.0 Å². The van der Waals surface area contributed by atoms with Gasteiger partial charge in [-0.25, -0.2) is 9.38 Å². The molecule has 1 saturated heterocycles. The highest BCUT2D eigenvalue weighted by Crippen LogP contribution is 2.36. The summed E-state index contributed by atoms with van der Waals surface area (Å²) in [6.45, 7) is 11.0. The average Bonchev–Trinajstić information content (AvgIpc) is 2.96. The summed E-state index contributed by atoms with van der Waals surface area (Å²) in [7, 11) is 1.65. The third-order valence-corrected chi connectivity index (χ3v) is 8.42. The second kappa shape index (κ2) is 15.5. The Labute approximate surface area is 240 Å². The van der Waals surface area contributed by atoms with Gasteiger partial charge in [-0.1, -0.05) is 56.2 Å². The van der Waals surface area contributed by atoms with Gasteiger partial charge < -0.3 is 25.4 Å². The van der Waals surface area contributed by atoms with E-state index < -0.39 is 17.1 Å². The normalized spacial score (nSPS) is 19.9. The van der Waals surface area contributed by atoms with Gasteiger partial charge in [0.25, 0.3) is 5.91 Å². The van der Waals surface area contributed by atoms with E-state index in [9.17, 15) is 4.79 Å². The first-order valence-corrected chi connectivity index (χ1v) is 14.8. The molecule has 1 atom stereocenters. The number of alkyl halides is 1. The molecule has 40 heavy (non-hydrogen) atoms. The second-order valence-corrected chi connectivity index (χ2v) is 11.4. The monoisotopic (exact) mass is 556 g/mol. The number of amides is 1. The van der Waals surface area contributed by atoms with Crippen molar-refractivity contribution in [3.05, 3.63) is 59.9 Å². The molecular weight excluding hydrogens is 507 g/mol. The Morgan fingerprint density at radius 2 is 1.90 bits per heavy atom. The fourth-order valence-electron chi connectivity index (χ4n) is 5.80. The highest BCUT2D eigenvalue weighted by Gasteiger charge is 2.46. The molecule has 1 heterocycles. The standard InChI is InChI=1S/C32H49FN4O3/c1-5-9-29(27-14-12-26(13-15-27)24-40-23-22-39-4)35-25(2)37-20-17-32(33,18-21-37)30(38)36-31(3,16-19-34)28-10-7-6-8-11-28/h5,9,12-15,28H,2,6-8,10-11,16-24,34H2,1,3-4H3,(H,36,38)/b9-5-,35-29?. The van der Waals surface area contributed by atoms with Crippen LogP contribution in [0, 0.1) is 5.92 Å². The van der Waals surface area contributed by atoms with E-state index in [0.29, 0.717) is 57.6 Å². The molecule has 7 nitrogen and oxygen atoms in total. The van der Waals surface area contributed by atoms with E-state index >= 15 is 4.39 Å². The maximum absolute atomic E-state index is 16.0. The highest BCUT2D eigenvalue weighted by atomic mass is 19.1. The quantitative estimate of drug-likeness (QED) is 0.240. The van der Waals surface area contributed by atoms with E-state index in [1.54, 1.807) is 7.11 Å². The molecule has 1 saturated carbocycles. The Morgan fingerprint density at radius 1 is 1.23 bits per heavy atom. The number of ether oxygens (including phenoxy) is 2. The van der Waals surface area contributed by atoms with Crippen LogP contribution < -0.4 is 11.1 Å². The molecule has 222 valence electrons. The van der Waals surface area contributed by atoms with Gasteiger partial charge in [-0.2, -0.15) is 0 Å². The predicted molar refractivity (Wildman–Crippen MR) is 160 cm³/mol. The molecule has 1 unspecified atom stereocenters. The van der Waals surface area contributed by atoms with E-state index in [2.05, 4.69) is 11.9 Å². The summed E-state index contributed by atoms with van der Waals surface area (Å²) in [5.74, 6) is 0.412. The molecule has 8 heteroatoms. The van der Waals surface area contributed by atoms with Crippen LogP contribution >= 0.6 is 0 Å². The lowest BCUT2D eigenvalue weighted by atomic mass is 9.73. The third-order valence-electron chi connectivity index (χ3n) is 8.42. The van der Waals surface area contributed by atoms with Crippen molar-refractivity contribution >= 4 is 11.6 Å². The molecule has 0 spiro atoms. The van der Waals surface area contributed by atoms with Crippen LogP contribution in [0.1, 0.15) is 76.3 Å². The van der Waals surface area contributed by atoms with Crippen molar-refractivity contribution in [2.24, 2.45) is 16.6 Å². The van der Waals surface area contributed by atoms with E-state index in [-0.39, 0.29) is 12.8 Å². The zero-order valence-electron chi connectivity index (χ0n) is 24.7. The first kappa shape index (κ1) is 32.0.